The van der Waals surface area contributed by atoms with Crippen LogP contribution in [-0.4, -0.2) is 11.4 Å². The van der Waals surface area contributed by atoms with Gasteiger partial charge in [0.15, 0.2) is 0 Å². The van der Waals surface area contributed by atoms with Crippen molar-refractivity contribution in [2.75, 3.05) is 0 Å². The first kappa shape index (κ1) is 11.1. The standard InChI is InChI=1S/C13H16FNO/c1-8-4-5-9(14)6-10(8)11-7-12(16)15-13(11,2)3/h4-6,11H,7H2,1-3H3,(H,15,16). The fourth-order valence-corrected chi connectivity index (χ4v) is 2.42. The number of nitrogens with one attached hydrogen (secondary N) is 1. The Morgan fingerprint density at radius 1 is 1.44 bits per heavy atom. The van der Waals surface area contributed by atoms with E-state index >= 15 is 0 Å². The van der Waals surface area contributed by atoms with Crippen LogP contribution < -0.4 is 5.32 Å². The molecule has 2 nitrogen and oxygen atoms in total. The molecule has 1 atom stereocenters. The number of hydrogen-bond donors (Lipinski definition) is 1. The molecule has 16 heavy (non-hydrogen) atoms. The minimum Gasteiger partial charge on any atom is -0.351 e. The van der Waals surface area contributed by atoms with Crippen LogP contribution in [0.4, 0.5) is 4.39 Å². The summed E-state index contributed by atoms with van der Waals surface area (Å²) in [6, 6.07) is 4.77. The number of halogens is 1. The van der Waals surface area contributed by atoms with Crippen molar-refractivity contribution in [1.29, 1.82) is 0 Å². The van der Waals surface area contributed by atoms with Crippen LogP contribution in [0.2, 0.25) is 0 Å². The molecule has 1 amide bonds. The van der Waals surface area contributed by atoms with Gasteiger partial charge in [-0.1, -0.05) is 6.07 Å². The van der Waals surface area contributed by atoms with Gasteiger partial charge in [-0.25, -0.2) is 4.39 Å². The zero-order chi connectivity index (χ0) is 11.9. The lowest BCUT2D eigenvalue weighted by molar-refractivity contribution is -0.119. The lowest BCUT2D eigenvalue weighted by Crippen LogP contribution is -2.38. The van der Waals surface area contributed by atoms with Crippen LogP contribution in [-0.2, 0) is 4.79 Å². The van der Waals surface area contributed by atoms with Crippen molar-refractivity contribution in [3.63, 3.8) is 0 Å². The van der Waals surface area contributed by atoms with E-state index in [4.69, 9.17) is 0 Å². The summed E-state index contributed by atoms with van der Waals surface area (Å²) in [5.74, 6) is -0.148. The van der Waals surface area contributed by atoms with E-state index in [0.717, 1.165) is 11.1 Å². The molecule has 0 saturated carbocycles. The first-order chi connectivity index (χ1) is 7.40. The van der Waals surface area contributed by atoms with Crippen LogP contribution in [0.1, 0.15) is 37.3 Å². The molecule has 1 aliphatic heterocycles. The van der Waals surface area contributed by atoms with E-state index in [1.54, 1.807) is 12.1 Å². The molecule has 2 rings (SSSR count). The quantitative estimate of drug-likeness (QED) is 0.775. The molecule has 1 aliphatic rings. The van der Waals surface area contributed by atoms with Gasteiger partial charge in [-0.05, 0) is 44.0 Å². The minimum atomic E-state index is -0.296. The number of rotatable bonds is 1. The van der Waals surface area contributed by atoms with E-state index in [9.17, 15) is 9.18 Å². The lowest BCUT2D eigenvalue weighted by atomic mass is 9.81. The van der Waals surface area contributed by atoms with Gasteiger partial charge in [0.25, 0.3) is 0 Å². The molecule has 0 radical (unpaired) electrons. The molecule has 1 unspecified atom stereocenters. The molecular weight excluding hydrogens is 205 g/mol. The number of carbonyl (C=O) groups excluding carboxylic acids is 1. The van der Waals surface area contributed by atoms with Crippen LogP contribution in [0.15, 0.2) is 18.2 Å². The maximum absolute atomic E-state index is 13.2. The van der Waals surface area contributed by atoms with Crippen molar-refractivity contribution in [3.8, 4) is 0 Å². The van der Waals surface area contributed by atoms with Gasteiger partial charge in [-0.15, -0.1) is 0 Å². The molecule has 0 aliphatic carbocycles. The topological polar surface area (TPSA) is 29.1 Å². The molecule has 86 valence electrons. The summed E-state index contributed by atoms with van der Waals surface area (Å²) in [4.78, 5) is 11.4. The molecule has 1 heterocycles. The molecule has 1 saturated heterocycles. The van der Waals surface area contributed by atoms with E-state index in [0.29, 0.717) is 6.42 Å². The molecule has 1 N–H and O–H groups in total. The van der Waals surface area contributed by atoms with Crippen molar-refractivity contribution < 1.29 is 9.18 Å². The van der Waals surface area contributed by atoms with Crippen molar-refractivity contribution in [1.82, 2.24) is 5.32 Å². The maximum atomic E-state index is 13.2. The van der Waals surface area contributed by atoms with Crippen molar-refractivity contribution >= 4 is 5.91 Å². The highest BCUT2D eigenvalue weighted by Crippen LogP contribution is 2.37. The third-order valence-corrected chi connectivity index (χ3v) is 3.34. The molecule has 1 aromatic carbocycles. The SMILES string of the molecule is Cc1ccc(F)cc1C1CC(=O)NC1(C)C. The van der Waals surface area contributed by atoms with Crippen LogP contribution in [0.25, 0.3) is 0 Å². The van der Waals surface area contributed by atoms with Crippen molar-refractivity contribution in [2.24, 2.45) is 0 Å². The summed E-state index contributed by atoms with van der Waals surface area (Å²) in [7, 11) is 0. The predicted molar refractivity (Wildman–Crippen MR) is 60.7 cm³/mol. The summed E-state index contributed by atoms with van der Waals surface area (Å²) in [6.45, 7) is 5.91. The summed E-state index contributed by atoms with van der Waals surface area (Å²) in [5, 5.41) is 2.93. The van der Waals surface area contributed by atoms with Crippen LogP contribution >= 0.6 is 0 Å². The summed E-state index contributed by atoms with van der Waals surface area (Å²) in [6.07, 6.45) is 0.442. The number of aryl methyl sites for hydroxylation is 1. The Labute approximate surface area is 94.9 Å². The Balaban J connectivity index is 2.44. The largest absolute Gasteiger partial charge is 0.351 e. The first-order valence-corrected chi connectivity index (χ1v) is 5.47. The third kappa shape index (κ3) is 1.82. The van der Waals surface area contributed by atoms with Gasteiger partial charge >= 0.3 is 0 Å². The lowest BCUT2D eigenvalue weighted by Gasteiger charge is -2.27. The van der Waals surface area contributed by atoms with E-state index in [-0.39, 0.29) is 23.2 Å². The third-order valence-electron chi connectivity index (χ3n) is 3.34. The Bertz CT molecular complexity index is 440. The monoisotopic (exact) mass is 221 g/mol. The van der Waals surface area contributed by atoms with E-state index in [2.05, 4.69) is 5.32 Å². The zero-order valence-electron chi connectivity index (χ0n) is 9.80. The molecule has 3 heteroatoms. The van der Waals surface area contributed by atoms with E-state index in [1.165, 1.54) is 6.07 Å². The Hall–Kier alpha value is -1.38. The van der Waals surface area contributed by atoms with Gasteiger partial charge < -0.3 is 5.32 Å². The zero-order valence-corrected chi connectivity index (χ0v) is 9.80. The number of hydrogen-bond acceptors (Lipinski definition) is 1. The second kappa shape index (κ2) is 3.58. The minimum absolute atomic E-state index is 0.0404. The second-order valence-electron chi connectivity index (χ2n) is 5.03. The summed E-state index contributed by atoms with van der Waals surface area (Å²) in [5.41, 5.74) is 1.68. The Kier molecular flexibility index (Phi) is 2.49. The average Bonchev–Trinajstić information content (AvgIpc) is 2.43. The maximum Gasteiger partial charge on any atom is 0.221 e. The molecular formula is C13H16FNO. The van der Waals surface area contributed by atoms with E-state index < -0.39 is 0 Å². The van der Waals surface area contributed by atoms with Crippen molar-refractivity contribution in [2.45, 2.75) is 38.6 Å². The van der Waals surface area contributed by atoms with Crippen LogP contribution in [0, 0.1) is 12.7 Å². The van der Waals surface area contributed by atoms with E-state index in [1.807, 2.05) is 20.8 Å². The first-order valence-electron chi connectivity index (χ1n) is 5.47. The second-order valence-corrected chi connectivity index (χ2v) is 5.03. The van der Waals surface area contributed by atoms with Crippen molar-refractivity contribution in [3.05, 3.63) is 35.1 Å². The predicted octanol–water partition coefficient (Wildman–Crippen LogP) is 2.52. The van der Waals surface area contributed by atoms with Gasteiger partial charge in [-0.3, -0.25) is 4.79 Å². The van der Waals surface area contributed by atoms with Gasteiger partial charge in [0.05, 0.1) is 0 Å². The van der Waals surface area contributed by atoms with Gasteiger partial charge in [0.2, 0.25) is 5.91 Å². The number of amides is 1. The molecule has 0 aromatic heterocycles. The average molecular weight is 221 g/mol. The normalized spacial score (nSPS) is 23.2. The Morgan fingerprint density at radius 3 is 2.69 bits per heavy atom. The molecule has 0 bridgehead atoms. The highest BCUT2D eigenvalue weighted by Gasteiger charge is 2.40. The molecule has 1 fully saturated rings. The number of benzene rings is 1. The number of carbonyl (C=O) groups is 1. The van der Waals surface area contributed by atoms with Crippen LogP contribution in [0.3, 0.4) is 0 Å². The molecule has 1 aromatic rings. The summed E-state index contributed by atoms with van der Waals surface area (Å²) < 4.78 is 13.2. The van der Waals surface area contributed by atoms with Crippen LogP contribution in [0.5, 0.6) is 0 Å². The fraction of sp³-hybridized carbons (Fsp3) is 0.462. The highest BCUT2D eigenvalue weighted by atomic mass is 19.1. The van der Waals surface area contributed by atoms with Gasteiger partial charge in [0, 0.05) is 17.9 Å². The van der Waals surface area contributed by atoms with Gasteiger partial charge in [-0.2, -0.15) is 0 Å². The smallest absolute Gasteiger partial charge is 0.221 e. The highest BCUT2D eigenvalue weighted by molar-refractivity contribution is 5.81. The summed E-state index contributed by atoms with van der Waals surface area (Å²) >= 11 is 0. The fourth-order valence-electron chi connectivity index (χ4n) is 2.42. The van der Waals surface area contributed by atoms with Gasteiger partial charge in [0.1, 0.15) is 5.82 Å². The Morgan fingerprint density at radius 2 is 2.12 bits per heavy atom. The molecule has 0 spiro atoms.